The standard InChI is InChI=1S/C19H17BrF2N4O2S/c20-14-7-3-12(4-8-14)16(27)2-1-11-29-19-25-24-17(26(19)23)13-5-9-15(10-6-13)28-18(21)22/h3-10,18H,1-2,11,23H2. The van der Waals surface area contributed by atoms with Gasteiger partial charge in [-0.25, -0.2) is 4.68 Å². The summed E-state index contributed by atoms with van der Waals surface area (Å²) in [5.41, 5.74) is 1.31. The lowest BCUT2D eigenvalue weighted by Gasteiger charge is -2.06. The van der Waals surface area contributed by atoms with Crippen molar-refractivity contribution in [3.63, 3.8) is 0 Å². The van der Waals surface area contributed by atoms with E-state index in [1.807, 2.05) is 12.1 Å². The molecule has 29 heavy (non-hydrogen) atoms. The van der Waals surface area contributed by atoms with Crippen LogP contribution >= 0.6 is 27.7 Å². The zero-order valence-corrected chi connectivity index (χ0v) is 17.5. The smallest absolute Gasteiger partial charge is 0.387 e. The van der Waals surface area contributed by atoms with Crippen LogP contribution in [0.2, 0.25) is 0 Å². The predicted molar refractivity (Wildman–Crippen MR) is 111 cm³/mol. The van der Waals surface area contributed by atoms with Crippen LogP contribution in [0.3, 0.4) is 0 Å². The molecule has 2 aromatic carbocycles. The highest BCUT2D eigenvalue weighted by Gasteiger charge is 2.13. The Balaban J connectivity index is 1.53. The van der Waals surface area contributed by atoms with Crippen LogP contribution in [0.4, 0.5) is 8.78 Å². The van der Waals surface area contributed by atoms with Crippen LogP contribution in [-0.2, 0) is 0 Å². The Bertz CT molecular complexity index is 965. The number of thioether (sulfide) groups is 1. The molecule has 0 amide bonds. The molecule has 0 bridgehead atoms. The molecule has 0 aliphatic heterocycles. The first-order valence-corrected chi connectivity index (χ1v) is 10.4. The zero-order chi connectivity index (χ0) is 20.8. The predicted octanol–water partition coefficient (Wildman–Crippen LogP) is 4.78. The number of carbonyl (C=O) groups excluding carboxylic acids is 1. The normalized spacial score (nSPS) is 11.0. The lowest BCUT2D eigenvalue weighted by atomic mass is 10.1. The number of nitrogens with zero attached hydrogens (tertiary/aromatic N) is 3. The van der Waals surface area contributed by atoms with Gasteiger partial charge in [0.25, 0.3) is 0 Å². The first-order valence-electron chi connectivity index (χ1n) is 8.61. The number of Topliss-reactive ketones (excluding diaryl/α,β-unsaturated/α-hetero) is 1. The van der Waals surface area contributed by atoms with Crippen LogP contribution in [0.1, 0.15) is 23.2 Å². The first-order chi connectivity index (χ1) is 13.9. The maximum atomic E-state index is 12.2. The topological polar surface area (TPSA) is 83.0 Å². The Morgan fingerprint density at radius 3 is 2.48 bits per heavy atom. The summed E-state index contributed by atoms with van der Waals surface area (Å²) in [5, 5.41) is 8.61. The number of carbonyl (C=O) groups is 1. The van der Waals surface area contributed by atoms with Gasteiger partial charge in [0.15, 0.2) is 11.6 Å². The highest BCUT2D eigenvalue weighted by atomic mass is 79.9. The van der Waals surface area contributed by atoms with E-state index in [0.29, 0.717) is 40.7 Å². The Hall–Kier alpha value is -2.46. The SMILES string of the molecule is Nn1c(SCCCC(=O)c2ccc(Br)cc2)nnc1-c1ccc(OC(F)F)cc1. The Kier molecular flexibility index (Phi) is 7.21. The summed E-state index contributed by atoms with van der Waals surface area (Å²) in [7, 11) is 0. The number of halogens is 3. The first kappa shape index (κ1) is 21.3. The number of ether oxygens (including phenoxy) is 1. The van der Waals surface area contributed by atoms with Crippen molar-refractivity contribution in [2.24, 2.45) is 0 Å². The molecule has 3 aromatic rings. The fourth-order valence-electron chi connectivity index (χ4n) is 2.53. The molecule has 0 spiro atoms. The molecule has 0 saturated heterocycles. The fraction of sp³-hybridized carbons (Fsp3) is 0.211. The van der Waals surface area contributed by atoms with Crippen molar-refractivity contribution >= 4 is 33.5 Å². The van der Waals surface area contributed by atoms with E-state index in [0.717, 1.165) is 4.47 Å². The number of hydrogen-bond donors (Lipinski definition) is 1. The molecule has 6 nitrogen and oxygen atoms in total. The highest BCUT2D eigenvalue weighted by Crippen LogP contribution is 2.25. The van der Waals surface area contributed by atoms with Gasteiger partial charge in [-0.1, -0.05) is 39.8 Å². The average Bonchev–Trinajstić information content (AvgIpc) is 3.06. The second-order valence-corrected chi connectivity index (χ2v) is 7.94. The van der Waals surface area contributed by atoms with Crippen LogP contribution < -0.4 is 10.6 Å². The quantitative estimate of drug-likeness (QED) is 0.204. The minimum Gasteiger partial charge on any atom is -0.435 e. The summed E-state index contributed by atoms with van der Waals surface area (Å²) >= 11 is 4.74. The summed E-state index contributed by atoms with van der Waals surface area (Å²) in [5.74, 6) is 7.24. The number of hydrogen-bond acceptors (Lipinski definition) is 6. The number of ketones is 1. The molecular weight excluding hydrogens is 466 g/mol. The van der Waals surface area contributed by atoms with Crippen LogP contribution in [0.15, 0.2) is 58.2 Å². The van der Waals surface area contributed by atoms with Crippen LogP contribution in [0, 0.1) is 0 Å². The Morgan fingerprint density at radius 2 is 1.83 bits per heavy atom. The van der Waals surface area contributed by atoms with Gasteiger partial charge >= 0.3 is 6.61 Å². The van der Waals surface area contributed by atoms with Crippen LogP contribution in [0.25, 0.3) is 11.4 Å². The van der Waals surface area contributed by atoms with E-state index < -0.39 is 6.61 Å². The van der Waals surface area contributed by atoms with E-state index in [1.54, 1.807) is 24.3 Å². The summed E-state index contributed by atoms with van der Waals surface area (Å²) in [6, 6.07) is 13.2. The summed E-state index contributed by atoms with van der Waals surface area (Å²) in [4.78, 5) is 12.2. The fourth-order valence-corrected chi connectivity index (χ4v) is 3.59. The molecule has 10 heteroatoms. The number of aromatic nitrogens is 3. The molecule has 1 heterocycles. The van der Waals surface area contributed by atoms with Gasteiger partial charge in [-0.05, 0) is 42.8 Å². The number of nitrogens with two attached hydrogens (primary N) is 1. The number of nitrogen functional groups attached to an aromatic ring is 1. The van der Waals surface area contributed by atoms with Gasteiger partial charge in [-0.15, -0.1) is 10.2 Å². The largest absolute Gasteiger partial charge is 0.435 e. The van der Waals surface area contributed by atoms with E-state index in [4.69, 9.17) is 5.84 Å². The number of alkyl halides is 2. The van der Waals surface area contributed by atoms with Crippen molar-refractivity contribution in [1.29, 1.82) is 0 Å². The molecule has 0 aliphatic carbocycles. The van der Waals surface area contributed by atoms with Crippen molar-refractivity contribution in [2.45, 2.75) is 24.6 Å². The molecular formula is C19H17BrF2N4O2S. The van der Waals surface area contributed by atoms with Crippen LogP contribution in [0.5, 0.6) is 5.75 Å². The average molecular weight is 483 g/mol. The molecule has 0 radical (unpaired) electrons. The summed E-state index contributed by atoms with van der Waals surface area (Å²) in [6.07, 6.45) is 1.09. The third-order valence-electron chi connectivity index (χ3n) is 3.95. The molecule has 0 saturated carbocycles. The monoisotopic (exact) mass is 482 g/mol. The zero-order valence-electron chi connectivity index (χ0n) is 15.1. The highest BCUT2D eigenvalue weighted by molar-refractivity contribution is 9.10. The Labute approximate surface area is 178 Å². The van der Waals surface area contributed by atoms with Crippen LogP contribution in [-0.4, -0.2) is 33.0 Å². The molecule has 0 aliphatic rings. The summed E-state index contributed by atoms with van der Waals surface area (Å²) < 4.78 is 31.0. The molecule has 0 fully saturated rings. The number of rotatable bonds is 9. The van der Waals surface area contributed by atoms with Gasteiger partial charge < -0.3 is 10.6 Å². The van der Waals surface area contributed by atoms with Gasteiger partial charge in [-0.2, -0.15) is 8.78 Å². The maximum absolute atomic E-state index is 12.2. The van der Waals surface area contributed by atoms with Crippen molar-refractivity contribution in [2.75, 3.05) is 11.6 Å². The van der Waals surface area contributed by atoms with Crippen molar-refractivity contribution in [1.82, 2.24) is 14.9 Å². The minimum absolute atomic E-state index is 0.0527. The van der Waals surface area contributed by atoms with Crippen molar-refractivity contribution < 1.29 is 18.3 Å². The molecule has 2 N–H and O–H groups in total. The van der Waals surface area contributed by atoms with Gasteiger partial charge in [0.1, 0.15) is 5.75 Å². The number of benzene rings is 2. The minimum atomic E-state index is -2.88. The van der Waals surface area contributed by atoms with Gasteiger partial charge in [-0.3, -0.25) is 4.79 Å². The molecule has 0 unspecified atom stereocenters. The van der Waals surface area contributed by atoms with E-state index in [2.05, 4.69) is 30.9 Å². The summed E-state index contributed by atoms with van der Waals surface area (Å²) in [6.45, 7) is -2.88. The van der Waals surface area contributed by atoms with Crippen molar-refractivity contribution in [3.8, 4) is 17.1 Å². The lowest BCUT2D eigenvalue weighted by molar-refractivity contribution is -0.0498. The lowest BCUT2D eigenvalue weighted by Crippen LogP contribution is -2.11. The van der Waals surface area contributed by atoms with Crippen molar-refractivity contribution in [3.05, 3.63) is 58.6 Å². The molecule has 152 valence electrons. The third kappa shape index (κ3) is 5.77. The second kappa shape index (κ2) is 9.84. The van der Waals surface area contributed by atoms with Gasteiger partial charge in [0.05, 0.1) is 0 Å². The van der Waals surface area contributed by atoms with Gasteiger partial charge in [0, 0.05) is 27.8 Å². The van der Waals surface area contributed by atoms with E-state index in [1.165, 1.54) is 28.6 Å². The van der Waals surface area contributed by atoms with Gasteiger partial charge in [0.2, 0.25) is 5.16 Å². The third-order valence-corrected chi connectivity index (χ3v) is 5.51. The molecule has 1 aromatic heterocycles. The maximum Gasteiger partial charge on any atom is 0.387 e. The van der Waals surface area contributed by atoms with E-state index >= 15 is 0 Å². The second-order valence-electron chi connectivity index (χ2n) is 5.96. The Morgan fingerprint density at radius 1 is 1.14 bits per heavy atom. The molecule has 0 atom stereocenters. The molecule has 3 rings (SSSR count). The van der Waals surface area contributed by atoms with E-state index in [-0.39, 0.29) is 11.5 Å². The van der Waals surface area contributed by atoms with E-state index in [9.17, 15) is 13.6 Å².